The highest BCUT2D eigenvalue weighted by molar-refractivity contribution is 5.71. The molecule has 440 valence electrons. The van der Waals surface area contributed by atoms with E-state index in [9.17, 15) is 14.4 Å². The van der Waals surface area contributed by atoms with Gasteiger partial charge in [-0.05, 0) is 154 Å². The summed E-state index contributed by atoms with van der Waals surface area (Å²) in [5, 5.41) is 0. The van der Waals surface area contributed by atoms with Crippen molar-refractivity contribution in [1.29, 1.82) is 0 Å². The lowest BCUT2D eigenvalue weighted by Crippen LogP contribution is -2.30. The van der Waals surface area contributed by atoms with E-state index in [1.54, 1.807) is 0 Å². The van der Waals surface area contributed by atoms with Gasteiger partial charge >= 0.3 is 17.9 Å². The highest BCUT2D eigenvalue weighted by Gasteiger charge is 2.19. The summed E-state index contributed by atoms with van der Waals surface area (Å²) in [5.41, 5.74) is 0. The zero-order chi connectivity index (χ0) is 57.1. The quantitative estimate of drug-likeness (QED) is 0.0261. The molecule has 0 aliphatic carbocycles. The number of allylic oxidation sites excluding steroid dienone is 30. The van der Waals surface area contributed by atoms with Crippen molar-refractivity contribution in [2.24, 2.45) is 0 Å². The third-order valence-corrected chi connectivity index (χ3v) is 12.4. The van der Waals surface area contributed by atoms with Crippen LogP contribution < -0.4 is 0 Å². The normalized spacial score (nSPS) is 13.4. The fourth-order valence-corrected chi connectivity index (χ4v) is 7.81. The molecule has 0 saturated heterocycles. The zero-order valence-corrected chi connectivity index (χ0v) is 50.3. The van der Waals surface area contributed by atoms with Crippen molar-refractivity contribution in [1.82, 2.24) is 0 Å². The van der Waals surface area contributed by atoms with Crippen LogP contribution in [0.1, 0.15) is 239 Å². The Balaban J connectivity index is 4.54. The van der Waals surface area contributed by atoms with Gasteiger partial charge in [0, 0.05) is 19.3 Å². The smallest absolute Gasteiger partial charge is 0.306 e. The van der Waals surface area contributed by atoms with Gasteiger partial charge in [0.15, 0.2) is 6.10 Å². The van der Waals surface area contributed by atoms with E-state index < -0.39 is 6.10 Å². The number of carbonyl (C=O) groups excluding carboxylic acids is 3. The van der Waals surface area contributed by atoms with E-state index in [2.05, 4.69) is 203 Å². The Morgan fingerprint density at radius 2 is 0.456 bits per heavy atom. The van der Waals surface area contributed by atoms with Crippen LogP contribution >= 0.6 is 0 Å². The van der Waals surface area contributed by atoms with Gasteiger partial charge in [0.25, 0.3) is 0 Å². The first kappa shape index (κ1) is 73.5. The summed E-state index contributed by atoms with van der Waals surface area (Å²) in [6.07, 6.45) is 97.5. The molecule has 0 heterocycles. The van der Waals surface area contributed by atoms with Gasteiger partial charge in [-0.2, -0.15) is 0 Å². The van der Waals surface area contributed by atoms with Crippen molar-refractivity contribution in [3.05, 3.63) is 182 Å². The van der Waals surface area contributed by atoms with Crippen LogP contribution in [0.3, 0.4) is 0 Å². The first-order chi connectivity index (χ1) is 39.0. The Bertz CT molecular complexity index is 1870. The van der Waals surface area contributed by atoms with Crippen LogP contribution in [-0.2, 0) is 28.6 Å². The van der Waals surface area contributed by atoms with Gasteiger partial charge in [-0.25, -0.2) is 0 Å². The van der Waals surface area contributed by atoms with E-state index in [1.807, 2.05) is 0 Å². The van der Waals surface area contributed by atoms with E-state index in [4.69, 9.17) is 14.2 Å². The van der Waals surface area contributed by atoms with Crippen LogP contribution in [0.15, 0.2) is 182 Å². The predicted molar refractivity (Wildman–Crippen MR) is 343 cm³/mol. The van der Waals surface area contributed by atoms with Gasteiger partial charge in [0.2, 0.25) is 0 Å². The summed E-state index contributed by atoms with van der Waals surface area (Å²) in [5.74, 6) is -1.00. The number of esters is 3. The largest absolute Gasteiger partial charge is 0.462 e. The lowest BCUT2D eigenvalue weighted by atomic mass is 10.1. The SMILES string of the molecule is CC/C=C\C/C=C\C/C=C\C/C=C\C/C=C\C/C=C\C/C=C\C/C=C\CCCCC(=O)OCC(COC(=O)CCCCCCCCC/C=C\C/C=C\C/C=C\CC)OC(=O)CCCCCC/C=C\C/C=C\C/C=C\C/C=C\CC. The van der Waals surface area contributed by atoms with Gasteiger partial charge in [-0.15, -0.1) is 0 Å². The molecular formula is C73H112O6. The van der Waals surface area contributed by atoms with Crippen molar-refractivity contribution in [3.63, 3.8) is 0 Å². The van der Waals surface area contributed by atoms with Crippen LogP contribution in [0, 0.1) is 0 Å². The minimum Gasteiger partial charge on any atom is -0.462 e. The maximum Gasteiger partial charge on any atom is 0.306 e. The first-order valence-corrected chi connectivity index (χ1v) is 31.3. The summed E-state index contributed by atoms with van der Waals surface area (Å²) in [6, 6.07) is 0. The number of rotatable bonds is 54. The standard InChI is InChI=1S/C73H112O6/c1-4-7-10-13-16-19-22-25-28-31-32-33-34-35-36-37-38-39-40-43-45-48-51-54-57-60-63-66-72(75)78-69-70(79-73(76)67-64-61-58-55-52-49-46-42-30-27-24-21-18-15-12-9-6-3)68-77-71(74)65-62-59-56-53-50-47-44-41-29-26-23-20-17-14-11-8-5-2/h7-12,16-21,25-30,32-33,35-36,38-39,43,45-46,49,51,54,70H,4-6,13-15,22-24,31,34,37,40-42,44,47-48,50,52-53,55-69H2,1-3H3/b10-7-,11-8-,12-9-,19-16-,20-17-,21-18-,28-25-,29-26-,30-27-,33-32-,36-35-,39-38-,45-43-,49-46-,54-51-. The predicted octanol–water partition coefficient (Wildman–Crippen LogP) is 21.7. The molecule has 1 unspecified atom stereocenters. The maximum absolute atomic E-state index is 12.9. The second-order valence-electron chi connectivity index (χ2n) is 19.8. The van der Waals surface area contributed by atoms with Gasteiger partial charge in [0.1, 0.15) is 13.2 Å². The number of carbonyl (C=O) groups is 3. The molecule has 0 fully saturated rings. The molecule has 0 amide bonds. The lowest BCUT2D eigenvalue weighted by molar-refractivity contribution is -0.167. The monoisotopic (exact) mass is 1080 g/mol. The lowest BCUT2D eigenvalue weighted by Gasteiger charge is -2.18. The average Bonchev–Trinajstić information content (AvgIpc) is 3.45. The fourth-order valence-electron chi connectivity index (χ4n) is 7.81. The van der Waals surface area contributed by atoms with E-state index in [-0.39, 0.29) is 44.0 Å². The molecule has 0 radical (unpaired) electrons. The molecule has 0 bridgehead atoms. The second kappa shape index (κ2) is 65.0. The number of hydrogen-bond donors (Lipinski definition) is 0. The zero-order valence-electron chi connectivity index (χ0n) is 50.3. The van der Waals surface area contributed by atoms with Crippen molar-refractivity contribution < 1.29 is 28.6 Å². The van der Waals surface area contributed by atoms with E-state index in [0.717, 1.165) is 167 Å². The third-order valence-electron chi connectivity index (χ3n) is 12.4. The first-order valence-electron chi connectivity index (χ1n) is 31.3. The number of hydrogen-bond acceptors (Lipinski definition) is 6. The van der Waals surface area contributed by atoms with Crippen molar-refractivity contribution >= 4 is 17.9 Å². The molecule has 0 spiro atoms. The van der Waals surface area contributed by atoms with Gasteiger partial charge in [-0.1, -0.05) is 248 Å². The Morgan fingerprint density at radius 1 is 0.253 bits per heavy atom. The van der Waals surface area contributed by atoms with Gasteiger partial charge in [-0.3, -0.25) is 14.4 Å². The maximum atomic E-state index is 12.9. The summed E-state index contributed by atoms with van der Waals surface area (Å²) in [4.78, 5) is 38.3. The Labute approximate surface area is 484 Å². The van der Waals surface area contributed by atoms with E-state index in [0.29, 0.717) is 12.8 Å². The minimum absolute atomic E-state index is 0.117. The van der Waals surface area contributed by atoms with Gasteiger partial charge < -0.3 is 14.2 Å². The third kappa shape index (κ3) is 63.2. The summed E-state index contributed by atoms with van der Waals surface area (Å²) < 4.78 is 16.8. The fraction of sp³-hybridized carbons (Fsp3) is 0.548. The molecule has 0 N–H and O–H groups in total. The van der Waals surface area contributed by atoms with E-state index in [1.165, 1.54) is 25.7 Å². The number of ether oxygens (including phenoxy) is 3. The summed E-state index contributed by atoms with van der Waals surface area (Å²) >= 11 is 0. The minimum atomic E-state index is -0.826. The van der Waals surface area contributed by atoms with Crippen LogP contribution in [0.2, 0.25) is 0 Å². The van der Waals surface area contributed by atoms with Crippen molar-refractivity contribution in [3.8, 4) is 0 Å². The summed E-state index contributed by atoms with van der Waals surface area (Å²) in [7, 11) is 0. The molecule has 0 aromatic carbocycles. The van der Waals surface area contributed by atoms with Gasteiger partial charge in [0.05, 0.1) is 0 Å². The Hall–Kier alpha value is -5.49. The Kier molecular flexibility index (Phi) is 60.5. The molecule has 0 saturated carbocycles. The average molecular weight is 1090 g/mol. The molecule has 0 rings (SSSR count). The molecule has 79 heavy (non-hydrogen) atoms. The van der Waals surface area contributed by atoms with Crippen molar-refractivity contribution in [2.45, 2.75) is 245 Å². The number of unbranched alkanes of at least 4 members (excludes halogenated alkanes) is 13. The van der Waals surface area contributed by atoms with Crippen molar-refractivity contribution in [2.75, 3.05) is 13.2 Å². The van der Waals surface area contributed by atoms with Crippen LogP contribution in [0.5, 0.6) is 0 Å². The topological polar surface area (TPSA) is 78.9 Å². The highest BCUT2D eigenvalue weighted by atomic mass is 16.6. The molecule has 6 heteroatoms. The molecule has 0 aromatic heterocycles. The Morgan fingerprint density at radius 3 is 0.734 bits per heavy atom. The molecular weight excluding hydrogens is 973 g/mol. The molecule has 6 nitrogen and oxygen atoms in total. The summed E-state index contributed by atoms with van der Waals surface area (Å²) in [6.45, 7) is 6.22. The molecule has 0 aromatic rings. The van der Waals surface area contributed by atoms with Crippen LogP contribution in [0.4, 0.5) is 0 Å². The van der Waals surface area contributed by atoms with E-state index >= 15 is 0 Å². The molecule has 0 aliphatic rings. The molecule has 0 aliphatic heterocycles. The molecule has 1 atom stereocenters. The second-order valence-corrected chi connectivity index (χ2v) is 19.8. The van der Waals surface area contributed by atoms with Crippen LogP contribution in [0.25, 0.3) is 0 Å². The highest BCUT2D eigenvalue weighted by Crippen LogP contribution is 2.13. The van der Waals surface area contributed by atoms with Crippen LogP contribution in [-0.4, -0.2) is 37.2 Å².